The van der Waals surface area contributed by atoms with E-state index < -0.39 is 0 Å². The number of nitrogens with two attached hydrogens (primary N) is 1. The molecule has 0 spiro atoms. The fourth-order valence-electron chi connectivity index (χ4n) is 1.37. The van der Waals surface area contributed by atoms with Gasteiger partial charge < -0.3 is 10.6 Å². The van der Waals surface area contributed by atoms with Crippen LogP contribution < -0.4 is 5.73 Å². The van der Waals surface area contributed by atoms with Crippen molar-refractivity contribution in [2.24, 2.45) is 11.1 Å². The Hall–Kier alpha value is -0.870. The highest BCUT2D eigenvalue weighted by Gasteiger charge is 2.24. The Morgan fingerprint density at radius 3 is 2.65 bits per heavy atom. The van der Waals surface area contributed by atoms with Crippen LogP contribution in [0.25, 0.3) is 0 Å². The number of nitrogens with zero attached hydrogens (tertiary/aromatic N) is 1. The third-order valence-corrected chi connectivity index (χ3v) is 3.77. The number of rotatable bonds is 4. The molecule has 1 unspecified atom stereocenters. The van der Waals surface area contributed by atoms with Crippen LogP contribution in [-0.4, -0.2) is 23.9 Å². The summed E-state index contributed by atoms with van der Waals surface area (Å²) in [6, 6.07) is 3.94. The van der Waals surface area contributed by atoms with Crippen LogP contribution in [0.2, 0.25) is 0 Å². The molecule has 4 heteroatoms. The van der Waals surface area contributed by atoms with Gasteiger partial charge in [0.15, 0.2) is 0 Å². The molecule has 3 nitrogen and oxygen atoms in total. The molecule has 0 aliphatic heterocycles. The molecule has 1 amide bonds. The molecule has 1 rings (SSSR count). The first kappa shape index (κ1) is 14.2. The molecule has 2 N–H and O–H groups in total. The van der Waals surface area contributed by atoms with Gasteiger partial charge in [0.2, 0.25) is 5.91 Å². The second-order valence-electron chi connectivity index (χ2n) is 5.51. The first-order valence-corrected chi connectivity index (χ1v) is 6.70. The lowest BCUT2D eigenvalue weighted by Gasteiger charge is -2.28. The predicted octanol–water partition coefficient (Wildman–Crippen LogP) is 2.47. The molecule has 0 aliphatic carbocycles. The summed E-state index contributed by atoms with van der Waals surface area (Å²) in [5, 5.41) is 2.02. The monoisotopic (exact) mass is 254 g/mol. The lowest BCUT2D eigenvalue weighted by atomic mass is 9.85. The Bertz CT molecular complexity index is 354. The van der Waals surface area contributed by atoms with Crippen LogP contribution in [0.5, 0.6) is 0 Å². The molecule has 0 aliphatic rings. The van der Waals surface area contributed by atoms with E-state index in [-0.39, 0.29) is 17.4 Å². The Morgan fingerprint density at radius 1 is 1.53 bits per heavy atom. The molecular formula is C13H22N2OS. The van der Waals surface area contributed by atoms with Crippen molar-refractivity contribution in [3.05, 3.63) is 22.4 Å². The van der Waals surface area contributed by atoms with Gasteiger partial charge in [-0.05, 0) is 16.9 Å². The zero-order valence-electron chi connectivity index (χ0n) is 11.1. The average molecular weight is 254 g/mol. The van der Waals surface area contributed by atoms with Gasteiger partial charge in [0, 0.05) is 24.4 Å². The van der Waals surface area contributed by atoms with Gasteiger partial charge in [0.1, 0.15) is 0 Å². The molecule has 17 heavy (non-hydrogen) atoms. The van der Waals surface area contributed by atoms with Gasteiger partial charge in [-0.1, -0.05) is 26.8 Å². The molecule has 1 heterocycles. The second kappa shape index (κ2) is 5.65. The van der Waals surface area contributed by atoms with Crippen LogP contribution in [0, 0.1) is 5.41 Å². The minimum absolute atomic E-state index is 0.0283. The zero-order chi connectivity index (χ0) is 13.1. The van der Waals surface area contributed by atoms with Gasteiger partial charge in [-0.3, -0.25) is 4.79 Å². The Morgan fingerprint density at radius 2 is 2.18 bits per heavy atom. The third-order valence-electron chi connectivity index (χ3n) is 2.91. The Labute approximate surface area is 108 Å². The largest absolute Gasteiger partial charge is 0.341 e. The van der Waals surface area contributed by atoms with E-state index in [0.717, 1.165) is 0 Å². The van der Waals surface area contributed by atoms with E-state index in [0.29, 0.717) is 13.0 Å². The van der Waals surface area contributed by atoms with Gasteiger partial charge >= 0.3 is 0 Å². The fraction of sp³-hybridized carbons (Fsp3) is 0.615. The van der Waals surface area contributed by atoms with Gasteiger partial charge in [0.25, 0.3) is 0 Å². The molecule has 0 fully saturated rings. The quantitative estimate of drug-likeness (QED) is 0.897. The number of amides is 1. The molecule has 0 saturated carbocycles. The second-order valence-corrected chi connectivity index (χ2v) is 6.54. The average Bonchev–Trinajstić information content (AvgIpc) is 2.68. The Kier molecular flexibility index (Phi) is 4.71. The molecule has 96 valence electrons. The van der Waals surface area contributed by atoms with Crippen molar-refractivity contribution in [1.82, 2.24) is 4.90 Å². The van der Waals surface area contributed by atoms with Crippen molar-refractivity contribution in [3.8, 4) is 0 Å². The number of hydrogen-bond acceptors (Lipinski definition) is 3. The van der Waals surface area contributed by atoms with Crippen molar-refractivity contribution in [2.75, 3.05) is 7.05 Å². The van der Waals surface area contributed by atoms with Crippen LogP contribution in [0.1, 0.15) is 32.1 Å². The smallest absolute Gasteiger partial charge is 0.224 e. The van der Waals surface area contributed by atoms with Crippen LogP contribution in [-0.2, 0) is 11.3 Å². The van der Waals surface area contributed by atoms with Crippen molar-refractivity contribution in [1.29, 1.82) is 0 Å². The summed E-state index contributed by atoms with van der Waals surface area (Å²) >= 11 is 1.67. The fourth-order valence-corrected chi connectivity index (χ4v) is 2.13. The normalized spacial score (nSPS) is 13.5. The maximum atomic E-state index is 12.0. The summed E-state index contributed by atoms with van der Waals surface area (Å²) in [7, 11) is 1.83. The van der Waals surface area contributed by atoms with Gasteiger partial charge in [-0.2, -0.15) is 0 Å². The number of carbonyl (C=O) groups is 1. The van der Waals surface area contributed by atoms with Crippen molar-refractivity contribution in [2.45, 2.75) is 39.8 Å². The van der Waals surface area contributed by atoms with E-state index in [1.165, 1.54) is 4.88 Å². The standard InChI is InChI=1S/C13H22N2OS/c1-13(2,3)11(14)8-12(16)15(4)9-10-6-5-7-17-10/h5-7,11H,8-9,14H2,1-4H3. The SMILES string of the molecule is CN(Cc1cccs1)C(=O)CC(N)C(C)(C)C. The maximum absolute atomic E-state index is 12.0. The molecule has 1 aromatic heterocycles. The summed E-state index contributed by atoms with van der Waals surface area (Å²) < 4.78 is 0. The molecular weight excluding hydrogens is 232 g/mol. The van der Waals surface area contributed by atoms with Gasteiger partial charge in [-0.15, -0.1) is 11.3 Å². The molecule has 0 bridgehead atoms. The van der Waals surface area contributed by atoms with E-state index in [1.54, 1.807) is 16.2 Å². The molecule has 0 saturated heterocycles. The summed E-state index contributed by atoms with van der Waals surface area (Å²) in [5.74, 6) is 0.112. The highest BCUT2D eigenvalue weighted by atomic mass is 32.1. The highest BCUT2D eigenvalue weighted by molar-refractivity contribution is 7.09. The van der Waals surface area contributed by atoms with Crippen LogP contribution >= 0.6 is 11.3 Å². The van der Waals surface area contributed by atoms with Crippen LogP contribution in [0.15, 0.2) is 17.5 Å². The minimum atomic E-state index is -0.0965. The van der Waals surface area contributed by atoms with E-state index >= 15 is 0 Å². The van der Waals surface area contributed by atoms with Gasteiger partial charge in [-0.25, -0.2) is 0 Å². The molecule has 1 aromatic rings. The predicted molar refractivity (Wildman–Crippen MR) is 72.8 cm³/mol. The zero-order valence-corrected chi connectivity index (χ0v) is 11.9. The molecule has 0 aromatic carbocycles. The third kappa shape index (κ3) is 4.48. The van der Waals surface area contributed by atoms with E-state index in [1.807, 2.05) is 24.6 Å². The van der Waals surface area contributed by atoms with E-state index in [2.05, 4.69) is 20.8 Å². The first-order chi connectivity index (χ1) is 7.80. The van der Waals surface area contributed by atoms with Crippen LogP contribution in [0.3, 0.4) is 0 Å². The van der Waals surface area contributed by atoms with Crippen molar-refractivity contribution in [3.63, 3.8) is 0 Å². The van der Waals surface area contributed by atoms with Crippen LogP contribution in [0.4, 0.5) is 0 Å². The topological polar surface area (TPSA) is 46.3 Å². The number of hydrogen-bond donors (Lipinski definition) is 1. The first-order valence-electron chi connectivity index (χ1n) is 5.82. The lowest BCUT2D eigenvalue weighted by Crippen LogP contribution is -2.40. The maximum Gasteiger partial charge on any atom is 0.224 e. The Balaban J connectivity index is 2.48. The highest BCUT2D eigenvalue weighted by Crippen LogP contribution is 2.20. The van der Waals surface area contributed by atoms with E-state index in [4.69, 9.17) is 5.73 Å². The van der Waals surface area contributed by atoms with Gasteiger partial charge in [0.05, 0.1) is 6.54 Å². The molecule has 1 atom stereocenters. The summed E-state index contributed by atoms with van der Waals surface area (Å²) in [6.07, 6.45) is 0.408. The van der Waals surface area contributed by atoms with Crippen molar-refractivity contribution < 1.29 is 4.79 Å². The summed E-state index contributed by atoms with van der Waals surface area (Å²) in [6.45, 7) is 6.85. The lowest BCUT2D eigenvalue weighted by molar-refractivity contribution is -0.131. The molecule has 0 radical (unpaired) electrons. The minimum Gasteiger partial charge on any atom is -0.341 e. The number of thiophene rings is 1. The number of carbonyl (C=O) groups excluding carboxylic acids is 1. The summed E-state index contributed by atoms with van der Waals surface area (Å²) in [4.78, 5) is 14.9. The van der Waals surface area contributed by atoms with E-state index in [9.17, 15) is 4.79 Å². The summed E-state index contributed by atoms with van der Waals surface area (Å²) in [5.41, 5.74) is 5.99. The van der Waals surface area contributed by atoms with Crippen molar-refractivity contribution >= 4 is 17.2 Å².